The van der Waals surface area contributed by atoms with Crippen molar-refractivity contribution in [2.75, 3.05) is 13.1 Å². The highest BCUT2D eigenvalue weighted by atomic mass is 16.2. The van der Waals surface area contributed by atoms with Crippen LogP contribution in [0.25, 0.3) is 0 Å². The van der Waals surface area contributed by atoms with Crippen LogP contribution >= 0.6 is 0 Å². The molecule has 0 radical (unpaired) electrons. The quantitative estimate of drug-likeness (QED) is 0.692. The van der Waals surface area contributed by atoms with E-state index in [1.54, 1.807) is 0 Å². The van der Waals surface area contributed by atoms with Gasteiger partial charge in [-0.05, 0) is 18.3 Å². The number of carbonyl (C=O) groups excluding carboxylic acids is 2. The van der Waals surface area contributed by atoms with Crippen molar-refractivity contribution in [3.63, 3.8) is 0 Å². The van der Waals surface area contributed by atoms with E-state index in [1.165, 1.54) is 0 Å². The topological polar surface area (TPSA) is 58.2 Å². The molecular weight excluding hydrogens is 228 g/mol. The van der Waals surface area contributed by atoms with Gasteiger partial charge in [0.2, 0.25) is 11.8 Å². The van der Waals surface area contributed by atoms with E-state index in [4.69, 9.17) is 0 Å². The number of rotatable bonds is 8. The second-order valence-electron chi connectivity index (χ2n) is 5.35. The van der Waals surface area contributed by atoms with E-state index >= 15 is 0 Å². The van der Waals surface area contributed by atoms with Crippen molar-refractivity contribution in [2.45, 2.75) is 46.5 Å². The van der Waals surface area contributed by atoms with Crippen LogP contribution in [0.3, 0.4) is 0 Å². The molecule has 4 heteroatoms. The molecule has 0 saturated heterocycles. The maximum Gasteiger partial charge on any atom is 0.223 e. The SMILES string of the molecule is CCC(CC)CNC(=O)CCNC(=O)C1CC1C. The summed E-state index contributed by atoms with van der Waals surface area (Å²) in [5, 5.41) is 5.74. The highest BCUT2D eigenvalue weighted by Gasteiger charge is 2.38. The molecular formula is C14H26N2O2. The van der Waals surface area contributed by atoms with Gasteiger partial charge in [0.25, 0.3) is 0 Å². The monoisotopic (exact) mass is 254 g/mol. The van der Waals surface area contributed by atoms with Crippen LogP contribution in [-0.4, -0.2) is 24.9 Å². The van der Waals surface area contributed by atoms with Gasteiger partial charge in [0.05, 0.1) is 0 Å². The van der Waals surface area contributed by atoms with Crippen LogP contribution < -0.4 is 10.6 Å². The number of nitrogens with one attached hydrogen (secondary N) is 2. The maximum absolute atomic E-state index is 11.5. The molecule has 1 rings (SSSR count). The largest absolute Gasteiger partial charge is 0.356 e. The van der Waals surface area contributed by atoms with E-state index in [1.807, 2.05) is 0 Å². The fourth-order valence-corrected chi connectivity index (χ4v) is 2.04. The smallest absolute Gasteiger partial charge is 0.223 e. The van der Waals surface area contributed by atoms with E-state index in [2.05, 4.69) is 31.4 Å². The summed E-state index contributed by atoms with van der Waals surface area (Å²) in [4.78, 5) is 23.1. The van der Waals surface area contributed by atoms with Gasteiger partial charge < -0.3 is 10.6 Å². The molecule has 1 aliphatic carbocycles. The second kappa shape index (κ2) is 7.39. The predicted octanol–water partition coefficient (Wildman–Crippen LogP) is 1.70. The first-order chi connectivity index (χ1) is 8.58. The number of amides is 2. The highest BCUT2D eigenvalue weighted by Crippen LogP contribution is 2.37. The van der Waals surface area contributed by atoms with E-state index in [0.717, 1.165) is 25.8 Å². The molecule has 1 fully saturated rings. The lowest BCUT2D eigenvalue weighted by atomic mass is 10.0. The summed E-state index contributed by atoms with van der Waals surface area (Å²) in [5.74, 6) is 1.42. The number of hydrogen-bond donors (Lipinski definition) is 2. The highest BCUT2D eigenvalue weighted by molar-refractivity contribution is 5.82. The summed E-state index contributed by atoms with van der Waals surface area (Å²) in [6, 6.07) is 0. The number of carbonyl (C=O) groups is 2. The minimum Gasteiger partial charge on any atom is -0.356 e. The van der Waals surface area contributed by atoms with Gasteiger partial charge in [-0.25, -0.2) is 0 Å². The summed E-state index contributed by atoms with van der Waals surface area (Å²) >= 11 is 0. The molecule has 1 aliphatic rings. The van der Waals surface area contributed by atoms with Crippen LogP contribution in [0, 0.1) is 17.8 Å². The molecule has 0 aromatic carbocycles. The Bertz CT molecular complexity index is 288. The van der Waals surface area contributed by atoms with Crippen molar-refractivity contribution in [3.05, 3.63) is 0 Å². The first kappa shape index (κ1) is 15.0. The van der Waals surface area contributed by atoms with Crippen LogP contribution in [0.4, 0.5) is 0 Å². The first-order valence-electron chi connectivity index (χ1n) is 7.12. The van der Waals surface area contributed by atoms with Crippen LogP contribution in [0.1, 0.15) is 46.5 Å². The summed E-state index contributed by atoms with van der Waals surface area (Å²) in [6.45, 7) is 7.55. The van der Waals surface area contributed by atoms with Gasteiger partial charge in [0, 0.05) is 25.4 Å². The zero-order valence-electron chi connectivity index (χ0n) is 11.8. The van der Waals surface area contributed by atoms with Crippen LogP contribution in [-0.2, 0) is 9.59 Å². The third-order valence-electron chi connectivity index (χ3n) is 3.84. The molecule has 104 valence electrons. The van der Waals surface area contributed by atoms with Crippen molar-refractivity contribution >= 4 is 11.8 Å². The lowest BCUT2D eigenvalue weighted by molar-refractivity contribution is -0.123. The van der Waals surface area contributed by atoms with Gasteiger partial charge in [-0.1, -0.05) is 33.6 Å². The third-order valence-corrected chi connectivity index (χ3v) is 3.84. The fraction of sp³-hybridized carbons (Fsp3) is 0.857. The Morgan fingerprint density at radius 2 is 1.83 bits per heavy atom. The zero-order valence-corrected chi connectivity index (χ0v) is 11.8. The van der Waals surface area contributed by atoms with Crippen LogP contribution in [0.2, 0.25) is 0 Å². The molecule has 2 amide bonds. The van der Waals surface area contributed by atoms with Gasteiger partial charge in [0.1, 0.15) is 0 Å². The van der Waals surface area contributed by atoms with Crippen molar-refractivity contribution in [1.29, 1.82) is 0 Å². The Hall–Kier alpha value is -1.06. The van der Waals surface area contributed by atoms with Gasteiger partial charge in [-0.15, -0.1) is 0 Å². The lowest BCUT2D eigenvalue weighted by Crippen LogP contribution is -2.33. The average molecular weight is 254 g/mol. The lowest BCUT2D eigenvalue weighted by Gasteiger charge is -2.13. The molecule has 2 N–H and O–H groups in total. The third kappa shape index (κ3) is 5.07. The van der Waals surface area contributed by atoms with Gasteiger partial charge >= 0.3 is 0 Å². The minimum atomic E-state index is 0.0334. The van der Waals surface area contributed by atoms with Gasteiger partial charge in [-0.2, -0.15) is 0 Å². The summed E-state index contributed by atoms with van der Waals surface area (Å²) < 4.78 is 0. The molecule has 4 nitrogen and oxygen atoms in total. The summed E-state index contributed by atoms with van der Waals surface area (Å²) in [7, 11) is 0. The van der Waals surface area contributed by atoms with Crippen LogP contribution in [0.15, 0.2) is 0 Å². The predicted molar refractivity (Wildman–Crippen MR) is 72.0 cm³/mol. The Labute approximate surface area is 110 Å². The molecule has 0 heterocycles. The Morgan fingerprint density at radius 3 is 2.33 bits per heavy atom. The molecule has 1 saturated carbocycles. The first-order valence-corrected chi connectivity index (χ1v) is 7.12. The Kier molecular flexibility index (Phi) is 6.16. The fourth-order valence-electron chi connectivity index (χ4n) is 2.04. The van der Waals surface area contributed by atoms with Gasteiger partial charge in [0.15, 0.2) is 0 Å². The normalized spacial score (nSPS) is 21.8. The molecule has 2 unspecified atom stereocenters. The average Bonchev–Trinajstić information content (AvgIpc) is 3.07. The molecule has 18 heavy (non-hydrogen) atoms. The van der Waals surface area contributed by atoms with Gasteiger partial charge in [-0.3, -0.25) is 9.59 Å². The molecule has 0 spiro atoms. The van der Waals surface area contributed by atoms with E-state index in [-0.39, 0.29) is 17.7 Å². The van der Waals surface area contributed by atoms with Crippen molar-refractivity contribution in [3.8, 4) is 0 Å². The molecule has 0 bridgehead atoms. The molecule has 0 aromatic rings. The van der Waals surface area contributed by atoms with Crippen LogP contribution in [0.5, 0.6) is 0 Å². The Morgan fingerprint density at radius 1 is 1.22 bits per heavy atom. The van der Waals surface area contributed by atoms with E-state index in [9.17, 15) is 9.59 Å². The summed E-state index contributed by atoms with van der Waals surface area (Å²) in [6.07, 6.45) is 3.56. The van der Waals surface area contributed by atoms with Crippen molar-refractivity contribution < 1.29 is 9.59 Å². The van der Waals surface area contributed by atoms with Crippen molar-refractivity contribution in [2.24, 2.45) is 17.8 Å². The molecule has 0 aromatic heterocycles. The Balaban J connectivity index is 2.04. The molecule has 2 atom stereocenters. The van der Waals surface area contributed by atoms with E-state index < -0.39 is 0 Å². The standard InChI is InChI=1S/C14H26N2O2/c1-4-11(5-2)9-16-13(17)6-7-15-14(18)12-8-10(12)3/h10-12H,4-9H2,1-3H3,(H,15,18)(H,16,17). The second-order valence-corrected chi connectivity index (χ2v) is 5.35. The maximum atomic E-state index is 11.5. The number of hydrogen-bond acceptors (Lipinski definition) is 2. The zero-order chi connectivity index (χ0) is 13.5. The minimum absolute atomic E-state index is 0.0334. The van der Waals surface area contributed by atoms with E-state index in [0.29, 0.717) is 24.8 Å². The van der Waals surface area contributed by atoms with Crippen molar-refractivity contribution in [1.82, 2.24) is 10.6 Å². The summed E-state index contributed by atoms with van der Waals surface area (Å²) in [5.41, 5.74) is 0. The molecule has 0 aliphatic heterocycles.